The fourth-order valence-corrected chi connectivity index (χ4v) is 4.17. The van der Waals surface area contributed by atoms with Gasteiger partial charge in [0.2, 0.25) is 0 Å². The number of nitrogens with zero attached hydrogens (tertiary/aromatic N) is 2. The molecule has 1 atom stereocenters. The molecule has 0 bridgehead atoms. The molecular weight excluding hydrogens is 437 g/mol. The first-order chi connectivity index (χ1) is 15.0. The van der Waals surface area contributed by atoms with Crippen LogP contribution in [0.25, 0.3) is 0 Å². The van der Waals surface area contributed by atoms with Gasteiger partial charge in [-0.3, -0.25) is 9.69 Å². The van der Waals surface area contributed by atoms with Crippen LogP contribution in [0.5, 0.6) is 0 Å². The summed E-state index contributed by atoms with van der Waals surface area (Å²) in [6.45, 7) is 6.52. The van der Waals surface area contributed by atoms with Crippen molar-refractivity contribution in [3.63, 3.8) is 0 Å². The highest BCUT2D eigenvalue weighted by Gasteiger charge is 2.31. The van der Waals surface area contributed by atoms with E-state index in [0.29, 0.717) is 36.3 Å². The minimum atomic E-state index is -4.39. The SMILES string of the molecule is Cc1cc(CN(Cc2ccc(C(C)C(=O)O)cc2)Cc2csc(C)n2)cc(C(F)(F)F)c1. The van der Waals surface area contributed by atoms with E-state index < -0.39 is 23.6 Å². The Bertz CT molecular complexity index is 1080. The van der Waals surface area contributed by atoms with Crippen molar-refractivity contribution in [2.75, 3.05) is 0 Å². The summed E-state index contributed by atoms with van der Waals surface area (Å²) >= 11 is 1.53. The average molecular weight is 463 g/mol. The largest absolute Gasteiger partial charge is 0.481 e. The van der Waals surface area contributed by atoms with E-state index in [4.69, 9.17) is 0 Å². The summed E-state index contributed by atoms with van der Waals surface area (Å²) in [5.41, 5.74) is 3.02. The van der Waals surface area contributed by atoms with Gasteiger partial charge in [0.25, 0.3) is 0 Å². The Morgan fingerprint density at radius 3 is 2.28 bits per heavy atom. The molecule has 1 N–H and O–H groups in total. The highest BCUT2D eigenvalue weighted by atomic mass is 32.1. The minimum Gasteiger partial charge on any atom is -0.481 e. The second kappa shape index (κ2) is 9.83. The van der Waals surface area contributed by atoms with Crippen LogP contribution >= 0.6 is 11.3 Å². The highest BCUT2D eigenvalue weighted by molar-refractivity contribution is 7.09. The Kier molecular flexibility index (Phi) is 7.36. The molecule has 0 radical (unpaired) electrons. The predicted molar refractivity (Wildman–Crippen MR) is 118 cm³/mol. The lowest BCUT2D eigenvalue weighted by Gasteiger charge is -2.23. The Labute approximate surface area is 189 Å². The molecule has 0 aliphatic carbocycles. The van der Waals surface area contributed by atoms with Crippen LogP contribution in [0, 0.1) is 13.8 Å². The predicted octanol–water partition coefficient (Wildman–Crippen LogP) is 6.17. The quantitative estimate of drug-likeness (QED) is 0.435. The summed E-state index contributed by atoms with van der Waals surface area (Å²) in [5, 5.41) is 12.1. The third kappa shape index (κ3) is 6.40. The van der Waals surface area contributed by atoms with Gasteiger partial charge in [0.15, 0.2) is 0 Å². The van der Waals surface area contributed by atoms with Gasteiger partial charge in [0.05, 0.1) is 22.2 Å². The van der Waals surface area contributed by atoms with Crippen molar-refractivity contribution >= 4 is 17.3 Å². The molecule has 2 aromatic carbocycles. The molecule has 1 heterocycles. The smallest absolute Gasteiger partial charge is 0.416 e. The fraction of sp³-hybridized carbons (Fsp3) is 0.333. The van der Waals surface area contributed by atoms with Crippen LogP contribution in [0.4, 0.5) is 13.2 Å². The van der Waals surface area contributed by atoms with E-state index in [1.165, 1.54) is 17.4 Å². The molecule has 4 nitrogen and oxygen atoms in total. The van der Waals surface area contributed by atoms with Crippen LogP contribution in [0.2, 0.25) is 0 Å². The third-order valence-electron chi connectivity index (χ3n) is 5.18. The zero-order chi connectivity index (χ0) is 23.5. The van der Waals surface area contributed by atoms with Gasteiger partial charge in [-0.15, -0.1) is 11.3 Å². The number of halogens is 3. The van der Waals surface area contributed by atoms with Crippen LogP contribution in [0.15, 0.2) is 47.8 Å². The molecule has 0 spiro atoms. The fourth-order valence-electron chi connectivity index (χ4n) is 3.57. The molecule has 8 heteroatoms. The number of hydrogen-bond donors (Lipinski definition) is 1. The Hall–Kier alpha value is -2.71. The number of benzene rings is 2. The van der Waals surface area contributed by atoms with Gasteiger partial charge in [0.1, 0.15) is 0 Å². The zero-order valence-electron chi connectivity index (χ0n) is 18.1. The van der Waals surface area contributed by atoms with Crippen molar-refractivity contribution in [3.05, 3.63) is 86.4 Å². The molecule has 1 unspecified atom stereocenters. The van der Waals surface area contributed by atoms with E-state index in [2.05, 4.69) is 4.98 Å². The molecule has 3 aromatic rings. The number of carboxylic acids is 1. The van der Waals surface area contributed by atoms with E-state index in [9.17, 15) is 23.1 Å². The van der Waals surface area contributed by atoms with Crippen LogP contribution in [0.3, 0.4) is 0 Å². The first-order valence-electron chi connectivity index (χ1n) is 10.1. The summed E-state index contributed by atoms with van der Waals surface area (Å²) in [5.74, 6) is -1.50. The Morgan fingerprint density at radius 1 is 1.06 bits per heavy atom. The maximum absolute atomic E-state index is 13.3. The van der Waals surface area contributed by atoms with Gasteiger partial charge in [-0.2, -0.15) is 13.2 Å². The molecule has 0 aliphatic heterocycles. The Morgan fingerprint density at radius 2 is 1.72 bits per heavy atom. The number of hydrogen-bond acceptors (Lipinski definition) is 4. The van der Waals surface area contributed by atoms with E-state index in [1.54, 1.807) is 32.0 Å². The summed E-state index contributed by atoms with van der Waals surface area (Å²) < 4.78 is 39.8. The van der Waals surface area contributed by atoms with Crippen molar-refractivity contribution in [1.29, 1.82) is 0 Å². The lowest BCUT2D eigenvalue weighted by atomic mass is 10.00. The normalized spacial score (nSPS) is 12.8. The number of alkyl halides is 3. The molecule has 0 fully saturated rings. The van der Waals surface area contributed by atoms with Gasteiger partial charge in [-0.05, 0) is 49.6 Å². The first kappa shape index (κ1) is 23.9. The summed E-state index contributed by atoms with van der Waals surface area (Å²) in [4.78, 5) is 17.7. The lowest BCUT2D eigenvalue weighted by Crippen LogP contribution is -2.23. The second-order valence-electron chi connectivity index (χ2n) is 8.01. The van der Waals surface area contributed by atoms with E-state index in [0.717, 1.165) is 22.3 Å². The maximum atomic E-state index is 13.3. The van der Waals surface area contributed by atoms with Gasteiger partial charge < -0.3 is 5.11 Å². The second-order valence-corrected chi connectivity index (χ2v) is 9.07. The summed E-state index contributed by atoms with van der Waals surface area (Å²) in [6, 6.07) is 11.4. The molecule has 0 aliphatic rings. The van der Waals surface area contributed by atoms with Crippen LogP contribution in [0.1, 0.15) is 51.4 Å². The molecule has 0 amide bonds. The first-order valence-corrected chi connectivity index (χ1v) is 11.0. The number of aliphatic carboxylic acids is 1. The Balaban J connectivity index is 1.84. The van der Waals surface area contributed by atoms with E-state index in [-0.39, 0.29) is 0 Å². The van der Waals surface area contributed by atoms with Crippen molar-refractivity contribution in [3.8, 4) is 0 Å². The van der Waals surface area contributed by atoms with E-state index >= 15 is 0 Å². The summed E-state index contributed by atoms with van der Waals surface area (Å²) in [7, 11) is 0. The topological polar surface area (TPSA) is 53.4 Å². The number of rotatable bonds is 8. The third-order valence-corrected chi connectivity index (χ3v) is 6.00. The number of carboxylic acid groups (broad SMARTS) is 1. The molecule has 0 saturated carbocycles. The zero-order valence-corrected chi connectivity index (χ0v) is 18.9. The van der Waals surface area contributed by atoms with Gasteiger partial charge >= 0.3 is 12.1 Å². The summed E-state index contributed by atoms with van der Waals surface area (Å²) in [6.07, 6.45) is -4.39. The standard InChI is InChI=1S/C24H25F3N2O2S/c1-15-8-19(10-21(9-15)24(25,26)27)12-29(13-22-14-32-17(3)28-22)11-18-4-6-20(7-5-18)16(2)23(30)31/h4-10,14,16H,11-13H2,1-3H3,(H,30,31). The number of carbonyl (C=O) groups is 1. The van der Waals surface area contributed by atoms with Crippen molar-refractivity contribution in [2.45, 2.75) is 52.5 Å². The average Bonchev–Trinajstić information content (AvgIpc) is 3.11. The van der Waals surface area contributed by atoms with Gasteiger partial charge in [0, 0.05) is 25.0 Å². The molecule has 32 heavy (non-hydrogen) atoms. The van der Waals surface area contributed by atoms with Gasteiger partial charge in [-0.25, -0.2) is 4.98 Å². The molecule has 1 aromatic heterocycles. The molecular formula is C24H25F3N2O2S. The van der Waals surface area contributed by atoms with Gasteiger partial charge in [-0.1, -0.05) is 35.9 Å². The number of thiazole rings is 1. The van der Waals surface area contributed by atoms with Crippen molar-refractivity contribution in [2.24, 2.45) is 0 Å². The van der Waals surface area contributed by atoms with Crippen LogP contribution in [-0.2, 0) is 30.6 Å². The van der Waals surface area contributed by atoms with Crippen LogP contribution in [-0.4, -0.2) is 21.0 Å². The lowest BCUT2D eigenvalue weighted by molar-refractivity contribution is -0.139. The monoisotopic (exact) mass is 462 g/mol. The molecule has 3 rings (SSSR count). The number of aryl methyl sites for hydroxylation is 2. The maximum Gasteiger partial charge on any atom is 0.416 e. The molecule has 170 valence electrons. The van der Waals surface area contributed by atoms with Crippen LogP contribution < -0.4 is 0 Å². The van der Waals surface area contributed by atoms with Crippen molar-refractivity contribution in [1.82, 2.24) is 9.88 Å². The van der Waals surface area contributed by atoms with E-state index in [1.807, 2.05) is 29.3 Å². The highest BCUT2D eigenvalue weighted by Crippen LogP contribution is 2.31. The minimum absolute atomic E-state index is 0.328. The molecule has 0 saturated heterocycles. The van der Waals surface area contributed by atoms with Crippen molar-refractivity contribution < 1.29 is 23.1 Å². The number of aromatic nitrogens is 1.